The van der Waals surface area contributed by atoms with Gasteiger partial charge in [0.1, 0.15) is 0 Å². The van der Waals surface area contributed by atoms with E-state index >= 15 is 0 Å². The number of carbonyl (C=O) groups is 1. The van der Waals surface area contributed by atoms with Gasteiger partial charge in [0.05, 0.1) is 6.54 Å². The van der Waals surface area contributed by atoms with Crippen LogP contribution in [0.1, 0.15) is 51.5 Å². The van der Waals surface area contributed by atoms with Crippen molar-refractivity contribution in [3.63, 3.8) is 0 Å². The molecule has 2 rings (SSSR count). The standard InChI is InChI=1S/C18H25NO/c1-15(2)18(20)19(13-16-9-5-3-6-10-16)14-17-11-7-4-8-12-17/h3,5-6,9-10,14-15H,4,7-8,11-13H2,1-2H3. The lowest BCUT2D eigenvalue weighted by molar-refractivity contribution is -0.132. The number of allylic oxidation sites excluding steroid dienone is 1. The first-order valence-electron chi connectivity index (χ1n) is 7.71. The van der Waals surface area contributed by atoms with Crippen LogP contribution in [-0.2, 0) is 11.3 Å². The third-order valence-electron chi connectivity index (χ3n) is 3.81. The Bertz CT molecular complexity index is 454. The molecule has 1 amide bonds. The Balaban J connectivity index is 2.14. The van der Waals surface area contributed by atoms with Crippen molar-refractivity contribution in [3.8, 4) is 0 Å². The summed E-state index contributed by atoms with van der Waals surface area (Å²) in [5.74, 6) is 0.256. The second-order valence-corrected chi connectivity index (χ2v) is 5.95. The summed E-state index contributed by atoms with van der Waals surface area (Å²) in [6, 6.07) is 10.2. The second kappa shape index (κ2) is 7.28. The normalized spacial score (nSPS) is 15.2. The molecule has 20 heavy (non-hydrogen) atoms. The molecule has 1 saturated carbocycles. The fourth-order valence-electron chi connectivity index (χ4n) is 2.65. The van der Waals surface area contributed by atoms with Gasteiger partial charge in [0.2, 0.25) is 5.91 Å². The van der Waals surface area contributed by atoms with Crippen LogP contribution in [-0.4, -0.2) is 10.8 Å². The quantitative estimate of drug-likeness (QED) is 0.788. The van der Waals surface area contributed by atoms with E-state index in [4.69, 9.17) is 0 Å². The number of benzene rings is 1. The fraction of sp³-hybridized carbons (Fsp3) is 0.500. The van der Waals surface area contributed by atoms with Gasteiger partial charge >= 0.3 is 0 Å². The highest BCUT2D eigenvalue weighted by atomic mass is 16.2. The molecule has 0 radical (unpaired) electrons. The number of amides is 1. The molecule has 1 aliphatic carbocycles. The minimum atomic E-state index is 0.0409. The molecule has 0 aliphatic heterocycles. The van der Waals surface area contributed by atoms with Crippen LogP contribution >= 0.6 is 0 Å². The highest BCUT2D eigenvalue weighted by Crippen LogP contribution is 2.24. The van der Waals surface area contributed by atoms with Gasteiger partial charge in [0.15, 0.2) is 0 Å². The predicted molar refractivity (Wildman–Crippen MR) is 83.0 cm³/mol. The topological polar surface area (TPSA) is 20.3 Å². The Hall–Kier alpha value is -1.57. The van der Waals surface area contributed by atoms with Gasteiger partial charge in [-0.15, -0.1) is 0 Å². The minimum absolute atomic E-state index is 0.0409. The maximum Gasteiger partial charge on any atom is 0.229 e. The number of hydrogen-bond donors (Lipinski definition) is 0. The molecule has 2 nitrogen and oxygen atoms in total. The Kier molecular flexibility index (Phi) is 5.40. The van der Waals surface area contributed by atoms with Crippen molar-refractivity contribution < 1.29 is 4.79 Å². The molecule has 0 saturated heterocycles. The van der Waals surface area contributed by atoms with Gasteiger partial charge in [0, 0.05) is 12.1 Å². The summed E-state index contributed by atoms with van der Waals surface area (Å²) >= 11 is 0. The SMILES string of the molecule is CC(C)C(=O)N(C=C1CCCCC1)Cc1ccccc1. The minimum Gasteiger partial charge on any atom is -0.314 e. The average molecular weight is 271 g/mol. The molecule has 108 valence electrons. The van der Waals surface area contributed by atoms with Crippen molar-refractivity contribution in [3.05, 3.63) is 47.7 Å². The van der Waals surface area contributed by atoms with Crippen molar-refractivity contribution in [2.45, 2.75) is 52.5 Å². The molecule has 0 heterocycles. The summed E-state index contributed by atoms with van der Waals surface area (Å²) in [4.78, 5) is 14.3. The Morgan fingerprint density at radius 3 is 2.40 bits per heavy atom. The van der Waals surface area contributed by atoms with Gasteiger partial charge in [-0.05, 0) is 31.2 Å². The molecule has 1 aliphatic rings. The van der Waals surface area contributed by atoms with Gasteiger partial charge in [0.25, 0.3) is 0 Å². The van der Waals surface area contributed by atoms with Crippen molar-refractivity contribution >= 4 is 5.91 Å². The molecular formula is C18H25NO. The fourth-order valence-corrected chi connectivity index (χ4v) is 2.65. The number of nitrogens with zero attached hydrogens (tertiary/aromatic N) is 1. The van der Waals surface area contributed by atoms with E-state index in [1.54, 1.807) is 0 Å². The molecule has 0 aromatic heterocycles. The van der Waals surface area contributed by atoms with Crippen molar-refractivity contribution in [2.75, 3.05) is 0 Å². The first-order valence-corrected chi connectivity index (χ1v) is 7.71. The molecule has 1 aromatic rings. The summed E-state index contributed by atoms with van der Waals surface area (Å²) in [6.07, 6.45) is 8.28. The van der Waals surface area contributed by atoms with Crippen LogP contribution < -0.4 is 0 Å². The van der Waals surface area contributed by atoms with Crippen LogP contribution in [0, 0.1) is 5.92 Å². The maximum atomic E-state index is 12.4. The second-order valence-electron chi connectivity index (χ2n) is 5.95. The average Bonchev–Trinajstić information content (AvgIpc) is 2.48. The third-order valence-corrected chi connectivity index (χ3v) is 3.81. The van der Waals surface area contributed by atoms with E-state index in [1.807, 2.05) is 36.9 Å². The van der Waals surface area contributed by atoms with Gasteiger partial charge in [-0.3, -0.25) is 4.79 Å². The maximum absolute atomic E-state index is 12.4. The summed E-state index contributed by atoms with van der Waals surface area (Å²) < 4.78 is 0. The van der Waals surface area contributed by atoms with E-state index in [-0.39, 0.29) is 11.8 Å². The summed E-state index contributed by atoms with van der Waals surface area (Å²) in [5.41, 5.74) is 2.62. The van der Waals surface area contributed by atoms with Crippen molar-refractivity contribution in [1.29, 1.82) is 0 Å². The molecule has 0 N–H and O–H groups in total. The zero-order valence-electron chi connectivity index (χ0n) is 12.6. The van der Waals surface area contributed by atoms with Crippen LogP contribution in [0.4, 0.5) is 0 Å². The smallest absolute Gasteiger partial charge is 0.229 e. The van der Waals surface area contributed by atoms with E-state index in [2.05, 4.69) is 18.3 Å². The van der Waals surface area contributed by atoms with Crippen molar-refractivity contribution in [1.82, 2.24) is 4.90 Å². The highest BCUT2D eigenvalue weighted by Gasteiger charge is 2.17. The van der Waals surface area contributed by atoms with Crippen LogP contribution in [0.25, 0.3) is 0 Å². The van der Waals surface area contributed by atoms with E-state index < -0.39 is 0 Å². The van der Waals surface area contributed by atoms with Crippen LogP contribution in [0.5, 0.6) is 0 Å². The molecule has 0 unspecified atom stereocenters. The number of carbonyl (C=O) groups excluding carboxylic acids is 1. The molecule has 1 aromatic carbocycles. The largest absolute Gasteiger partial charge is 0.314 e. The zero-order valence-corrected chi connectivity index (χ0v) is 12.6. The molecule has 1 fully saturated rings. The van der Waals surface area contributed by atoms with E-state index in [1.165, 1.54) is 30.4 Å². The monoisotopic (exact) mass is 271 g/mol. The van der Waals surface area contributed by atoms with Crippen molar-refractivity contribution in [2.24, 2.45) is 5.92 Å². The summed E-state index contributed by atoms with van der Waals surface area (Å²) in [5, 5.41) is 0. The highest BCUT2D eigenvalue weighted by molar-refractivity contribution is 5.79. The van der Waals surface area contributed by atoms with E-state index in [0.29, 0.717) is 6.54 Å². The zero-order chi connectivity index (χ0) is 14.4. The Morgan fingerprint density at radius 2 is 1.80 bits per heavy atom. The summed E-state index contributed by atoms with van der Waals surface area (Å²) in [6.45, 7) is 4.63. The molecule has 0 bridgehead atoms. The first-order chi connectivity index (χ1) is 9.66. The molecular weight excluding hydrogens is 246 g/mol. The lowest BCUT2D eigenvalue weighted by Crippen LogP contribution is -2.29. The molecule has 0 spiro atoms. The van der Waals surface area contributed by atoms with E-state index in [0.717, 1.165) is 12.8 Å². The summed E-state index contributed by atoms with van der Waals surface area (Å²) in [7, 11) is 0. The van der Waals surface area contributed by atoms with Gasteiger partial charge in [-0.1, -0.05) is 56.2 Å². The third kappa shape index (κ3) is 4.22. The molecule has 2 heteroatoms. The van der Waals surface area contributed by atoms with Crippen LogP contribution in [0.3, 0.4) is 0 Å². The Morgan fingerprint density at radius 1 is 1.15 bits per heavy atom. The van der Waals surface area contributed by atoms with E-state index in [9.17, 15) is 4.79 Å². The van der Waals surface area contributed by atoms with Crippen LogP contribution in [0.2, 0.25) is 0 Å². The van der Waals surface area contributed by atoms with Gasteiger partial charge in [-0.2, -0.15) is 0 Å². The lowest BCUT2D eigenvalue weighted by atomic mass is 9.95. The lowest BCUT2D eigenvalue weighted by Gasteiger charge is -2.24. The predicted octanol–water partition coefficient (Wildman–Crippen LogP) is 4.52. The van der Waals surface area contributed by atoms with Gasteiger partial charge < -0.3 is 4.90 Å². The molecule has 0 atom stereocenters. The first kappa shape index (κ1) is 14.8. The number of rotatable bonds is 4. The van der Waals surface area contributed by atoms with Crippen LogP contribution in [0.15, 0.2) is 42.1 Å². The Labute approximate surface area is 122 Å². The van der Waals surface area contributed by atoms with Gasteiger partial charge in [-0.25, -0.2) is 0 Å². The number of hydrogen-bond acceptors (Lipinski definition) is 1.